The molecular weight excluding hydrogens is 416 g/mol. The number of aromatic nitrogens is 1. The summed E-state index contributed by atoms with van der Waals surface area (Å²) < 4.78 is 6.19. The van der Waals surface area contributed by atoms with Crippen molar-refractivity contribution < 1.29 is 14.3 Å². The number of fused-ring (bicyclic) bond motifs is 1. The molecule has 0 spiro atoms. The van der Waals surface area contributed by atoms with Crippen LogP contribution in [-0.4, -0.2) is 23.6 Å². The summed E-state index contributed by atoms with van der Waals surface area (Å²) in [6.45, 7) is 0. The Labute approximate surface area is 182 Å². The summed E-state index contributed by atoms with van der Waals surface area (Å²) in [5, 5.41) is 4.20. The zero-order valence-corrected chi connectivity index (χ0v) is 17.2. The van der Waals surface area contributed by atoms with Crippen LogP contribution in [0.1, 0.15) is 20.7 Å². The van der Waals surface area contributed by atoms with Crippen LogP contribution in [0.5, 0.6) is 0 Å². The predicted octanol–water partition coefficient (Wildman–Crippen LogP) is 4.68. The highest BCUT2D eigenvalue weighted by Gasteiger charge is 2.18. The number of rotatable bonds is 4. The van der Waals surface area contributed by atoms with Crippen LogP contribution in [0.2, 0.25) is 5.02 Å². The first-order chi connectivity index (χ1) is 15.0. The highest BCUT2D eigenvalue weighted by molar-refractivity contribution is 6.30. The van der Waals surface area contributed by atoms with Crippen LogP contribution in [0.4, 0.5) is 5.69 Å². The molecule has 3 aromatic carbocycles. The highest BCUT2D eigenvalue weighted by atomic mass is 35.5. The van der Waals surface area contributed by atoms with Crippen molar-refractivity contribution in [3.8, 4) is 5.69 Å². The zero-order chi connectivity index (χ0) is 22.0. The van der Waals surface area contributed by atoms with E-state index in [1.54, 1.807) is 72.8 Å². The normalized spacial score (nSPS) is 10.6. The number of amides is 1. The first kappa shape index (κ1) is 20.4. The number of halogens is 1. The van der Waals surface area contributed by atoms with Crippen molar-refractivity contribution in [3.05, 3.63) is 105 Å². The molecule has 1 amide bonds. The molecule has 1 N–H and O–H groups in total. The van der Waals surface area contributed by atoms with E-state index in [1.165, 1.54) is 17.9 Å². The van der Waals surface area contributed by atoms with E-state index in [2.05, 4.69) is 5.32 Å². The molecular formula is C24H17ClN2O4. The van der Waals surface area contributed by atoms with Gasteiger partial charge in [0.15, 0.2) is 0 Å². The van der Waals surface area contributed by atoms with Crippen LogP contribution < -0.4 is 10.9 Å². The SMILES string of the molecule is COC(=O)c1ccccc1NC(=O)c1cn(-c2ccc(Cl)cc2)c(=O)c2ccccc12. The lowest BCUT2D eigenvalue weighted by Crippen LogP contribution is -2.23. The molecule has 0 aliphatic carbocycles. The molecule has 0 unspecified atom stereocenters. The van der Waals surface area contributed by atoms with E-state index in [1.807, 2.05) is 0 Å². The third-order valence-corrected chi connectivity index (χ3v) is 5.11. The van der Waals surface area contributed by atoms with E-state index >= 15 is 0 Å². The molecule has 0 saturated carbocycles. The van der Waals surface area contributed by atoms with Crippen molar-refractivity contribution >= 4 is 39.9 Å². The van der Waals surface area contributed by atoms with Crippen molar-refractivity contribution in [2.45, 2.75) is 0 Å². The Morgan fingerprint density at radius 2 is 1.52 bits per heavy atom. The van der Waals surface area contributed by atoms with Crippen molar-refractivity contribution in [1.29, 1.82) is 0 Å². The number of nitrogens with zero attached hydrogens (tertiary/aromatic N) is 1. The fourth-order valence-corrected chi connectivity index (χ4v) is 3.46. The quantitative estimate of drug-likeness (QED) is 0.475. The lowest BCUT2D eigenvalue weighted by atomic mass is 10.1. The number of pyridine rings is 1. The molecule has 0 fully saturated rings. The summed E-state index contributed by atoms with van der Waals surface area (Å²) in [7, 11) is 1.27. The summed E-state index contributed by atoms with van der Waals surface area (Å²) in [5.41, 5.74) is 1.14. The maximum Gasteiger partial charge on any atom is 0.339 e. The summed E-state index contributed by atoms with van der Waals surface area (Å²) in [5.74, 6) is -1.03. The van der Waals surface area contributed by atoms with Crippen molar-refractivity contribution in [1.82, 2.24) is 4.57 Å². The van der Waals surface area contributed by atoms with Gasteiger partial charge in [0.05, 0.1) is 23.9 Å². The average Bonchev–Trinajstić information content (AvgIpc) is 2.80. The molecule has 4 rings (SSSR count). The Bertz CT molecular complexity index is 1360. The molecule has 0 atom stereocenters. The molecule has 154 valence electrons. The maximum absolute atomic E-state index is 13.2. The molecule has 4 aromatic rings. The van der Waals surface area contributed by atoms with E-state index in [4.69, 9.17) is 16.3 Å². The second kappa shape index (κ2) is 8.45. The number of ether oxygens (including phenoxy) is 1. The lowest BCUT2D eigenvalue weighted by Gasteiger charge is -2.14. The average molecular weight is 433 g/mol. The molecule has 0 aliphatic rings. The van der Waals surface area contributed by atoms with Gasteiger partial charge in [0, 0.05) is 27.7 Å². The first-order valence-corrected chi connectivity index (χ1v) is 9.76. The van der Waals surface area contributed by atoms with Gasteiger partial charge in [-0.3, -0.25) is 14.2 Å². The third-order valence-electron chi connectivity index (χ3n) is 4.85. The molecule has 6 nitrogen and oxygen atoms in total. The van der Waals surface area contributed by atoms with Gasteiger partial charge >= 0.3 is 5.97 Å². The van der Waals surface area contributed by atoms with Crippen LogP contribution in [-0.2, 0) is 4.74 Å². The summed E-state index contributed by atoms with van der Waals surface area (Å²) in [6.07, 6.45) is 1.49. The molecule has 1 heterocycles. The van der Waals surface area contributed by atoms with Crippen molar-refractivity contribution in [2.75, 3.05) is 12.4 Å². The molecule has 0 aliphatic heterocycles. The predicted molar refractivity (Wildman–Crippen MR) is 120 cm³/mol. The Hall–Kier alpha value is -3.90. The Balaban J connectivity index is 1.85. The number of carbonyl (C=O) groups is 2. The van der Waals surface area contributed by atoms with Crippen molar-refractivity contribution in [2.24, 2.45) is 0 Å². The van der Waals surface area contributed by atoms with Gasteiger partial charge in [0.25, 0.3) is 11.5 Å². The van der Waals surface area contributed by atoms with Gasteiger partial charge in [-0.2, -0.15) is 0 Å². The number of esters is 1. The molecule has 7 heteroatoms. The van der Waals surface area contributed by atoms with Gasteiger partial charge < -0.3 is 10.1 Å². The topological polar surface area (TPSA) is 77.4 Å². The van der Waals surface area contributed by atoms with Crippen LogP contribution in [0.15, 0.2) is 83.8 Å². The number of anilines is 1. The minimum absolute atomic E-state index is 0.230. The number of methoxy groups -OCH3 is 1. The summed E-state index contributed by atoms with van der Waals surface area (Å²) in [4.78, 5) is 38.4. The first-order valence-electron chi connectivity index (χ1n) is 9.38. The maximum atomic E-state index is 13.2. The smallest absolute Gasteiger partial charge is 0.339 e. The minimum atomic E-state index is -0.563. The fraction of sp³-hybridized carbons (Fsp3) is 0.0417. The minimum Gasteiger partial charge on any atom is -0.465 e. The molecule has 0 bridgehead atoms. The van der Waals surface area contributed by atoms with Gasteiger partial charge in [-0.1, -0.05) is 41.9 Å². The number of benzene rings is 3. The second-order valence-electron chi connectivity index (χ2n) is 6.73. The zero-order valence-electron chi connectivity index (χ0n) is 16.5. The summed E-state index contributed by atoms with van der Waals surface area (Å²) in [6, 6.07) is 20.2. The third kappa shape index (κ3) is 3.93. The molecule has 0 radical (unpaired) electrons. The van der Waals surface area contributed by atoms with E-state index in [0.717, 1.165) is 0 Å². The Morgan fingerprint density at radius 1 is 0.871 bits per heavy atom. The van der Waals surface area contributed by atoms with E-state index in [-0.39, 0.29) is 16.7 Å². The number of carbonyl (C=O) groups excluding carboxylic acids is 2. The molecule has 1 aromatic heterocycles. The van der Waals surface area contributed by atoms with Gasteiger partial charge in [0.1, 0.15) is 0 Å². The van der Waals surface area contributed by atoms with Crippen LogP contribution in [0, 0.1) is 0 Å². The van der Waals surface area contributed by atoms with Crippen LogP contribution >= 0.6 is 11.6 Å². The Morgan fingerprint density at radius 3 is 2.23 bits per heavy atom. The van der Waals surface area contributed by atoms with Gasteiger partial charge in [0.2, 0.25) is 0 Å². The highest BCUT2D eigenvalue weighted by Crippen LogP contribution is 2.22. The number of nitrogens with one attached hydrogen (secondary N) is 1. The monoisotopic (exact) mass is 432 g/mol. The van der Waals surface area contributed by atoms with E-state index in [9.17, 15) is 14.4 Å². The number of para-hydroxylation sites is 1. The largest absolute Gasteiger partial charge is 0.465 e. The second-order valence-corrected chi connectivity index (χ2v) is 7.17. The standard InChI is InChI=1S/C24H17ClN2O4/c1-31-24(30)19-8-4-5-9-21(19)26-22(28)20-14-27(16-12-10-15(25)11-13-16)23(29)18-7-3-2-6-17(18)20/h2-14H,1H3,(H,26,28). The fourth-order valence-electron chi connectivity index (χ4n) is 3.34. The van der Waals surface area contributed by atoms with Gasteiger partial charge in [-0.15, -0.1) is 0 Å². The van der Waals surface area contributed by atoms with Gasteiger partial charge in [-0.05, 0) is 42.5 Å². The van der Waals surface area contributed by atoms with Crippen molar-refractivity contribution in [3.63, 3.8) is 0 Å². The van der Waals surface area contributed by atoms with Gasteiger partial charge in [-0.25, -0.2) is 4.79 Å². The van der Waals surface area contributed by atoms with Crippen LogP contribution in [0.25, 0.3) is 16.5 Å². The van der Waals surface area contributed by atoms with Crippen LogP contribution in [0.3, 0.4) is 0 Å². The Kier molecular flexibility index (Phi) is 5.56. The van der Waals surface area contributed by atoms with E-state index in [0.29, 0.717) is 27.2 Å². The number of hydrogen-bond donors (Lipinski definition) is 1. The van der Waals surface area contributed by atoms with E-state index < -0.39 is 11.9 Å². The lowest BCUT2D eigenvalue weighted by molar-refractivity contribution is 0.0602. The number of hydrogen-bond acceptors (Lipinski definition) is 4. The molecule has 0 saturated heterocycles. The molecule has 31 heavy (non-hydrogen) atoms. The summed E-state index contributed by atoms with van der Waals surface area (Å²) >= 11 is 5.97.